The van der Waals surface area contributed by atoms with Crippen LogP contribution in [0.1, 0.15) is 34.5 Å². The standard InChI is InChI=1S/C23H26N6O2/c1-16-19(13-26-29(16)21-10-4-5-11-25-21)23(31)27-20-9-3-2-7-17(20)14-28-12-6-8-18(15-28)22(24)30/h2-5,7,9-11,13,18H,6,8,12,14-15H2,1H3,(H2,24,30)(H,27,31). The Morgan fingerprint density at radius 2 is 2.00 bits per heavy atom. The summed E-state index contributed by atoms with van der Waals surface area (Å²) in [5.74, 6) is 0.0802. The monoisotopic (exact) mass is 418 g/mol. The smallest absolute Gasteiger partial charge is 0.259 e. The third-order valence-electron chi connectivity index (χ3n) is 5.69. The summed E-state index contributed by atoms with van der Waals surface area (Å²) >= 11 is 0. The van der Waals surface area contributed by atoms with E-state index in [1.165, 1.54) is 0 Å². The summed E-state index contributed by atoms with van der Waals surface area (Å²) in [5.41, 5.74) is 8.46. The topological polar surface area (TPSA) is 106 Å². The molecule has 0 spiro atoms. The first-order valence-electron chi connectivity index (χ1n) is 10.4. The number of hydrogen-bond acceptors (Lipinski definition) is 5. The molecule has 4 rings (SSSR count). The van der Waals surface area contributed by atoms with Gasteiger partial charge in [0.25, 0.3) is 5.91 Å². The Balaban J connectivity index is 1.50. The number of carbonyl (C=O) groups excluding carboxylic acids is 2. The van der Waals surface area contributed by atoms with Gasteiger partial charge >= 0.3 is 0 Å². The first-order valence-corrected chi connectivity index (χ1v) is 10.4. The van der Waals surface area contributed by atoms with Crippen molar-refractivity contribution < 1.29 is 9.59 Å². The van der Waals surface area contributed by atoms with Gasteiger partial charge in [-0.15, -0.1) is 0 Å². The fraction of sp³-hybridized carbons (Fsp3) is 0.304. The fourth-order valence-electron chi connectivity index (χ4n) is 3.98. The Bertz CT molecular complexity index is 1080. The van der Waals surface area contributed by atoms with Crippen LogP contribution in [0.25, 0.3) is 5.82 Å². The fourth-order valence-corrected chi connectivity index (χ4v) is 3.98. The van der Waals surface area contributed by atoms with E-state index in [0.29, 0.717) is 30.2 Å². The third-order valence-corrected chi connectivity index (χ3v) is 5.69. The van der Waals surface area contributed by atoms with E-state index in [-0.39, 0.29) is 17.7 Å². The number of likely N-dealkylation sites (tertiary alicyclic amines) is 1. The molecule has 31 heavy (non-hydrogen) atoms. The molecule has 1 atom stereocenters. The molecule has 2 amide bonds. The Morgan fingerprint density at radius 1 is 1.19 bits per heavy atom. The van der Waals surface area contributed by atoms with Gasteiger partial charge in [0, 0.05) is 25.0 Å². The largest absolute Gasteiger partial charge is 0.369 e. The molecular formula is C23H26N6O2. The zero-order chi connectivity index (χ0) is 21.8. The van der Waals surface area contributed by atoms with E-state index in [1.807, 2.05) is 49.4 Å². The molecule has 3 N–H and O–H groups in total. The number of benzene rings is 1. The predicted molar refractivity (Wildman–Crippen MR) is 118 cm³/mol. The van der Waals surface area contributed by atoms with Crippen LogP contribution in [0.3, 0.4) is 0 Å². The van der Waals surface area contributed by atoms with Crippen LogP contribution < -0.4 is 11.1 Å². The summed E-state index contributed by atoms with van der Waals surface area (Å²) in [6, 6.07) is 13.3. The highest BCUT2D eigenvalue weighted by Crippen LogP contribution is 2.23. The van der Waals surface area contributed by atoms with Gasteiger partial charge in [0.15, 0.2) is 5.82 Å². The van der Waals surface area contributed by atoms with Crippen molar-refractivity contribution in [1.82, 2.24) is 19.7 Å². The average molecular weight is 419 g/mol. The van der Waals surface area contributed by atoms with Crippen LogP contribution in [0.2, 0.25) is 0 Å². The predicted octanol–water partition coefficient (Wildman–Crippen LogP) is 2.53. The minimum atomic E-state index is -0.244. The Kier molecular flexibility index (Phi) is 6.08. The number of anilines is 1. The van der Waals surface area contributed by atoms with Gasteiger partial charge in [0.05, 0.1) is 23.4 Å². The SMILES string of the molecule is Cc1c(C(=O)Nc2ccccc2CN2CCCC(C(N)=O)C2)cnn1-c1ccccn1. The number of primary amides is 1. The number of rotatable bonds is 6. The molecule has 3 heterocycles. The number of piperidine rings is 1. The van der Waals surface area contributed by atoms with E-state index in [2.05, 4.69) is 20.3 Å². The molecule has 1 aromatic carbocycles. The highest BCUT2D eigenvalue weighted by atomic mass is 16.2. The van der Waals surface area contributed by atoms with Crippen molar-refractivity contribution in [2.24, 2.45) is 11.7 Å². The normalized spacial score (nSPS) is 16.7. The number of nitrogens with two attached hydrogens (primary N) is 1. The zero-order valence-corrected chi connectivity index (χ0v) is 17.5. The van der Waals surface area contributed by atoms with Crippen molar-refractivity contribution in [1.29, 1.82) is 0 Å². The first kappa shape index (κ1) is 20.7. The summed E-state index contributed by atoms with van der Waals surface area (Å²) in [6.07, 6.45) is 5.03. The molecule has 1 unspecified atom stereocenters. The van der Waals surface area contributed by atoms with Gasteiger partial charge in [0.1, 0.15) is 0 Å². The number of aromatic nitrogens is 3. The van der Waals surface area contributed by atoms with Gasteiger partial charge in [-0.2, -0.15) is 5.10 Å². The molecule has 1 fully saturated rings. The van der Waals surface area contributed by atoms with E-state index in [1.54, 1.807) is 17.1 Å². The van der Waals surface area contributed by atoms with Crippen molar-refractivity contribution in [2.45, 2.75) is 26.3 Å². The lowest BCUT2D eigenvalue weighted by molar-refractivity contribution is -0.123. The highest BCUT2D eigenvalue weighted by Gasteiger charge is 2.24. The van der Waals surface area contributed by atoms with E-state index in [9.17, 15) is 9.59 Å². The molecule has 1 saturated heterocycles. The minimum Gasteiger partial charge on any atom is -0.369 e. The second-order valence-corrected chi connectivity index (χ2v) is 7.83. The van der Waals surface area contributed by atoms with Crippen molar-refractivity contribution >= 4 is 17.5 Å². The molecule has 3 aromatic rings. The second-order valence-electron chi connectivity index (χ2n) is 7.83. The van der Waals surface area contributed by atoms with E-state index < -0.39 is 0 Å². The molecule has 0 aliphatic carbocycles. The van der Waals surface area contributed by atoms with Crippen LogP contribution in [0.5, 0.6) is 0 Å². The van der Waals surface area contributed by atoms with E-state index >= 15 is 0 Å². The van der Waals surface area contributed by atoms with Crippen molar-refractivity contribution in [3.8, 4) is 5.82 Å². The molecule has 0 bridgehead atoms. The summed E-state index contributed by atoms with van der Waals surface area (Å²) in [6.45, 7) is 4.04. The quantitative estimate of drug-likeness (QED) is 0.640. The molecule has 1 aliphatic rings. The van der Waals surface area contributed by atoms with Crippen LogP contribution in [0.15, 0.2) is 54.9 Å². The zero-order valence-electron chi connectivity index (χ0n) is 17.5. The maximum Gasteiger partial charge on any atom is 0.259 e. The second kappa shape index (κ2) is 9.09. The molecule has 2 aromatic heterocycles. The average Bonchev–Trinajstić information content (AvgIpc) is 3.17. The Morgan fingerprint density at radius 3 is 2.77 bits per heavy atom. The maximum absolute atomic E-state index is 13.0. The number of pyridine rings is 1. The molecule has 0 saturated carbocycles. The van der Waals surface area contributed by atoms with Gasteiger partial charge in [-0.3, -0.25) is 14.5 Å². The minimum absolute atomic E-state index is 0.115. The summed E-state index contributed by atoms with van der Waals surface area (Å²) in [4.78, 5) is 31.1. The van der Waals surface area contributed by atoms with Gasteiger partial charge in [-0.25, -0.2) is 9.67 Å². The number of carbonyl (C=O) groups is 2. The molecule has 0 radical (unpaired) electrons. The number of amides is 2. The van der Waals surface area contributed by atoms with Gasteiger partial charge < -0.3 is 11.1 Å². The van der Waals surface area contributed by atoms with Crippen LogP contribution in [-0.4, -0.2) is 44.6 Å². The summed E-state index contributed by atoms with van der Waals surface area (Å²) < 4.78 is 1.65. The van der Waals surface area contributed by atoms with Crippen LogP contribution in [0.4, 0.5) is 5.69 Å². The van der Waals surface area contributed by atoms with Gasteiger partial charge in [-0.05, 0) is 50.1 Å². The van der Waals surface area contributed by atoms with E-state index in [4.69, 9.17) is 5.73 Å². The Labute approximate surface area is 181 Å². The molecule has 8 heteroatoms. The van der Waals surface area contributed by atoms with Crippen molar-refractivity contribution in [3.63, 3.8) is 0 Å². The van der Waals surface area contributed by atoms with Crippen molar-refractivity contribution in [3.05, 3.63) is 71.7 Å². The summed E-state index contributed by atoms with van der Waals surface area (Å²) in [5, 5.41) is 7.36. The molecule has 1 aliphatic heterocycles. The highest BCUT2D eigenvalue weighted by molar-refractivity contribution is 6.05. The maximum atomic E-state index is 13.0. The molecular weight excluding hydrogens is 392 g/mol. The molecule has 8 nitrogen and oxygen atoms in total. The van der Waals surface area contributed by atoms with E-state index in [0.717, 1.165) is 30.6 Å². The lowest BCUT2D eigenvalue weighted by Gasteiger charge is -2.31. The lowest BCUT2D eigenvalue weighted by Crippen LogP contribution is -2.40. The lowest BCUT2D eigenvalue weighted by atomic mass is 9.97. The first-order chi connectivity index (χ1) is 15.0. The van der Waals surface area contributed by atoms with Gasteiger partial charge in [0.2, 0.25) is 5.91 Å². The summed E-state index contributed by atoms with van der Waals surface area (Å²) in [7, 11) is 0. The van der Waals surface area contributed by atoms with Crippen molar-refractivity contribution in [2.75, 3.05) is 18.4 Å². The van der Waals surface area contributed by atoms with Crippen LogP contribution in [0, 0.1) is 12.8 Å². The number of para-hydroxylation sites is 1. The third kappa shape index (κ3) is 4.64. The number of nitrogens with one attached hydrogen (secondary N) is 1. The number of nitrogens with zero attached hydrogens (tertiary/aromatic N) is 4. The Hall–Kier alpha value is -3.52. The molecule has 160 valence electrons. The number of hydrogen-bond donors (Lipinski definition) is 2. The van der Waals surface area contributed by atoms with Gasteiger partial charge in [-0.1, -0.05) is 24.3 Å². The van der Waals surface area contributed by atoms with Crippen LogP contribution >= 0.6 is 0 Å². The van der Waals surface area contributed by atoms with Crippen LogP contribution in [-0.2, 0) is 11.3 Å².